The predicted octanol–water partition coefficient (Wildman–Crippen LogP) is 2.06. The maximum absolute atomic E-state index is 12.5. The standard InChI is InChI=1S/C6H4ClFO2/c7-10-6-2-1-4(9)3-5(6)8/h1-3,9H. The van der Waals surface area contributed by atoms with Crippen molar-refractivity contribution in [1.29, 1.82) is 0 Å². The number of phenols is 1. The lowest BCUT2D eigenvalue weighted by Crippen LogP contribution is -1.80. The Morgan fingerprint density at radius 2 is 2.20 bits per heavy atom. The van der Waals surface area contributed by atoms with E-state index in [9.17, 15) is 4.39 Å². The summed E-state index contributed by atoms with van der Waals surface area (Å²) in [7, 11) is 0. The number of halogens is 2. The summed E-state index contributed by atoms with van der Waals surface area (Å²) in [6.45, 7) is 0. The van der Waals surface area contributed by atoms with Crippen molar-refractivity contribution in [3.8, 4) is 11.5 Å². The second-order valence-electron chi connectivity index (χ2n) is 1.69. The van der Waals surface area contributed by atoms with Crippen LogP contribution in [-0.4, -0.2) is 5.11 Å². The van der Waals surface area contributed by atoms with E-state index in [4.69, 9.17) is 17.0 Å². The lowest BCUT2D eigenvalue weighted by molar-refractivity contribution is 0.461. The normalized spacial score (nSPS) is 9.40. The van der Waals surface area contributed by atoms with Crippen LogP contribution < -0.4 is 4.29 Å². The fourth-order valence-corrected chi connectivity index (χ4v) is 0.677. The van der Waals surface area contributed by atoms with Crippen LogP contribution in [0.4, 0.5) is 4.39 Å². The van der Waals surface area contributed by atoms with Gasteiger partial charge in [0.25, 0.3) is 0 Å². The van der Waals surface area contributed by atoms with Crippen LogP contribution in [0.15, 0.2) is 18.2 Å². The van der Waals surface area contributed by atoms with Gasteiger partial charge in [-0.15, -0.1) is 0 Å². The quantitative estimate of drug-likeness (QED) is 0.685. The molecule has 0 bridgehead atoms. The van der Waals surface area contributed by atoms with Gasteiger partial charge in [-0.3, -0.25) is 0 Å². The summed E-state index contributed by atoms with van der Waals surface area (Å²) in [5, 5.41) is 8.69. The number of rotatable bonds is 1. The van der Waals surface area contributed by atoms with Crippen LogP contribution >= 0.6 is 11.9 Å². The third kappa shape index (κ3) is 1.30. The Balaban J connectivity index is 3.07. The Bertz CT molecular complexity index is 239. The van der Waals surface area contributed by atoms with Gasteiger partial charge < -0.3 is 9.40 Å². The first-order valence-electron chi connectivity index (χ1n) is 2.51. The van der Waals surface area contributed by atoms with Crippen molar-refractivity contribution in [3.63, 3.8) is 0 Å². The van der Waals surface area contributed by atoms with Gasteiger partial charge in [-0.1, -0.05) is 0 Å². The van der Waals surface area contributed by atoms with Crippen molar-refractivity contribution in [2.75, 3.05) is 0 Å². The van der Waals surface area contributed by atoms with Gasteiger partial charge in [0.2, 0.25) is 0 Å². The van der Waals surface area contributed by atoms with Crippen LogP contribution in [0, 0.1) is 5.82 Å². The van der Waals surface area contributed by atoms with E-state index in [1.165, 1.54) is 12.1 Å². The average molecular weight is 163 g/mol. The van der Waals surface area contributed by atoms with Crippen LogP contribution in [0.5, 0.6) is 11.5 Å². The second-order valence-corrected chi connectivity index (χ2v) is 1.85. The Morgan fingerprint density at radius 1 is 1.50 bits per heavy atom. The van der Waals surface area contributed by atoms with Crippen molar-refractivity contribution in [1.82, 2.24) is 0 Å². The molecule has 1 aromatic rings. The molecule has 0 atom stereocenters. The molecule has 0 unspecified atom stereocenters. The fraction of sp³-hybridized carbons (Fsp3) is 0. The van der Waals surface area contributed by atoms with E-state index in [0.717, 1.165) is 6.07 Å². The number of benzene rings is 1. The largest absolute Gasteiger partial charge is 0.508 e. The minimum Gasteiger partial charge on any atom is -0.508 e. The molecule has 0 aliphatic heterocycles. The Kier molecular flexibility index (Phi) is 1.97. The monoisotopic (exact) mass is 162 g/mol. The molecule has 0 saturated carbocycles. The molecule has 2 nitrogen and oxygen atoms in total. The first-order valence-corrected chi connectivity index (χ1v) is 2.82. The van der Waals surface area contributed by atoms with E-state index in [-0.39, 0.29) is 11.5 Å². The maximum atomic E-state index is 12.5. The molecule has 0 saturated heterocycles. The van der Waals surface area contributed by atoms with Crippen LogP contribution in [-0.2, 0) is 0 Å². The topological polar surface area (TPSA) is 29.5 Å². The van der Waals surface area contributed by atoms with Gasteiger partial charge in [-0.25, -0.2) is 4.39 Å². The van der Waals surface area contributed by atoms with Crippen LogP contribution in [0.25, 0.3) is 0 Å². The minimum absolute atomic E-state index is 0.0977. The highest BCUT2D eigenvalue weighted by atomic mass is 35.5. The van der Waals surface area contributed by atoms with E-state index in [0.29, 0.717) is 0 Å². The first kappa shape index (κ1) is 7.15. The number of aromatic hydroxyl groups is 1. The van der Waals surface area contributed by atoms with Gasteiger partial charge in [-0.2, -0.15) is 0 Å². The van der Waals surface area contributed by atoms with E-state index < -0.39 is 5.82 Å². The van der Waals surface area contributed by atoms with E-state index >= 15 is 0 Å². The SMILES string of the molecule is Oc1ccc(OCl)c(F)c1. The zero-order valence-electron chi connectivity index (χ0n) is 4.84. The van der Waals surface area contributed by atoms with E-state index in [1.807, 2.05) is 0 Å². The summed E-state index contributed by atoms with van der Waals surface area (Å²) in [5.41, 5.74) is 0. The Morgan fingerprint density at radius 3 is 2.70 bits per heavy atom. The molecule has 0 radical (unpaired) electrons. The van der Waals surface area contributed by atoms with Crippen LogP contribution in [0.1, 0.15) is 0 Å². The summed E-state index contributed by atoms with van der Waals surface area (Å²) in [4.78, 5) is 0. The van der Waals surface area contributed by atoms with Gasteiger partial charge >= 0.3 is 0 Å². The lowest BCUT2D eigenvalue weighted by Gasteiger charge is -1.96. The Labute approximate surface area is 62.0 Å². The van der Waals surface area contributed by atoms with Gasteiger partial charge in [0.1, 0.15) is 17.6 Å². The summed E-state index contributed by atoms with van der Waals surface area (Å²) in [6.07, 6.45) is 0. The minimum atomic E-state index is -0.685. The summed E-state index contributed by atoms with van der Waals surface area (Å²) < 4.78 is 16.6. The van der Waals surface area contributed by atoms with E-state index in [2.05, 4.69) is 4.29 Å². The molecule has 1 rings (SSSR count). The first-order chi connectivity index (χ1) is 4.74. The fourth-order valence-electron chi connectivity index (χ4n) is 0.552. The zero-order valence-corrected chi connectivity index (χ0v) is 5.60. The molecule has 54 valence electrons. The summed E-state index contributed by atoms with van der Waals surface area (Å²) >= 11 is 4.86. The molecular weight excluding hydrogens is 159 g/mol. The molecule has 4 heteroatoms. The summed E-state index contributed by atoms with van der Waals surface area (Å²) in [5.74, 6) is -0.940. The highest BCUT2D eigenvalue weighted by molar-refractivity contribution is 6.09. The third-order valence-electron chi connectivity index (χ3n) is 0.999. The molecule has 0 spiro atoms. The molecule has 0 fully saturated rings. The van der Waals surface area contributed by atoms with E-state index in [1.54, 1.807) is 0 Å². The summed E-state index contributed by atoms with van der Waals surface area (Å²) in [6, 6.07) is 3.43. The maximum Gasteiger partial charge on any atom is 0.182 e. The number of hydrogen-bond donors (Lipinski definition) is 1. The molecular formula is C6H4ClFO2. The van der Waals surface area contributed by atoms with Crippen molar-refractivity contribution >= 4 is 11.9 Å². The highest BCUT2D eigenvalue weighted by Gasteiger charge is 2.02. The third-order valence-corrected chi connectivity index (χ3v) is 1.16. The van der Waals surface area contributed by atoms with Gasteiger partial charge in [-0.05, 0) is 12.1 Å². The average Bonchev–Trinajstić information content (AvgIpc) is 1.88. The van der Waals surface area contributed by atoms with Gasteiger partial charge in [0.15, 0.2) is 11.6 Å². The van der Waals surface area contributed by atoms with Crippen molar-refractivity contribution in [3.05, 3.63) is 24.0 Å². The molecule has 0 aliphatic rings. The van der Waals surface area contributed by atoms with Crippen molar-refractivity contribution in [2.24, 2.45) is 0 Å². The molecule has 1 aromatic carbocycles. The Hall–Kier alpha value is -0.960. The molecule has 0 aliphatic carbocycles. The predicted molar refractivity (Wildman–Crippen MR) is 34.5 cm³/mol. The number of phenolic OH excluding ortho intramolecular Hbond substituents is 1. The smallest absolute Gasteiger partial charge is 0.182 e. The van der Waals surface area contributed by atoms with Crippen LogP contribution in [0.3, 0.4) is 0 Å². The van der Waals surface area contributed by atoms with Gasteiger partial charge in [0, 0.05) is 6.07 Å². The molecule has 0 amide bonds. The van der Waals surface area contributed by atoms with Crippen molar-refractivity contribution < 1.29 is 13.8 Å². The highest BCUT2D eigenvalue weighted by Crippen LogP contribution is 2.21. The van der Waals surface area contributed by atoms with Crippen molar-refractivity contribution in [2.45, 2.75) is 0 Å². The second kappa shape index (κ2) is 2.75. The molecule has 1 N–H and O–H groups in total. The molecule has 10 heavy (non-hydrogen) atoms. The number of hydrogen-bond acceptors (Lipinski definition) is 2. The van der Waals surface area contributed by atoms with Gasteiger partial charge in [0.05, 0.1) is 0 Å². The molecule has 0 aromatic heterocycles. The lowest BCUT2D eigenvalue weighted by atomic mass is 10.3. The van der Waals surface area contributed by atoms with Crippen LogP contribution in [0.2, 0.25) is 0 Å². The molecule has 0 heterocycles. The zero-order chi connectivity index (χ0) is 7.56.